The molecule has 0 N–H and O–H groups in total. The molecule has 0 fully saturated rings. The summed E-state index contributed by atoms with van der Waals surface area (Å²) in [5.74, 6) is -0.733. The first-order valence-corrected chi connectivity index (χ1v) is 5.87. The van der Waals surface area contributed by atoms with E-state index >= 15 is 0 Å². The van der Waals surface area contributed by atoms with Crippen LogP contribution < -0.4 is 0 Å². The van der Waals surface area contributed by atoms with Crippen LogP contribution in [0.4, 0.5) is 17.6 Å². The molecule has 0 saturated heterocycles. The van der Waals surface area contributed by atoms with Gasteiger partial charge in [0.05, 0.1) is 6.61 Å². The molecule has 0 radical (unpaired) electrons. The third-order valence-corrected chi connectivity index (χ3v) is 2.50. The Morgan fingerprint density at radius 2 is 1.72 bits per heavy atom. The van der Waals surface area contributed by atoms with Gasteiger partial charge in [-0.15, -0.1) is 0 Å². The molecule has 0 aliphatic carbocycles. The highest BCUT2D eigenvalue weighted by Crippen LogP contribution is 2.17. The topological polar surface area (TPSA) is 52.6 Å². The van der Waals surface area contributed by atoms with Crippen molar-refractivity contribution >= 4 is 10.4 Å². The maximum atomic E-state index is 13.0. The highest BCUT2D eigenvalue weighted by Gasteiger charge is 2.31. The standard InChI is InChI=1S/C9H8F4O4S/c10-8-4-2-1-3-7(8)5-16-18(14,15)17-6-9(11,12)13/h1-4H,5-6H2. The largest absolute Gasteiger partial charge is 0.413 e. The molecule has 0 spiro atoms. The Morgan fingerprint density at radius 3 is 2.28 bits per heavy atom. The van der Waals surface area contributed by atoms with Gasteiger partial charge >= 0.3 is 16.6 Å². The van der Waals surface area contributed by atoms with Crippen molar-refractivity contribution in [2.45, 2.75) is 12.8 Å². The number of hydrogen-bond donors (Lipinski definition) is 0. The van der Waals surface area contributed by atoms with E-state index in [4.69, 9.17) is 0 Å². The molecule has 1 aromatic carbocycles. The average Bonchev–Trinajstić information content (AvgIpc) is 2.25. The lowest BCUT2D eigenvalue weighted by Gasteiger charge is -2.08. The second-order valence-corrected chi connectivity index (χ2v) is 4.43. The molecule has 0 bridgehead atoms. The van der Waals surface area contributed by atoms with Gasteiger partial charge < -0.3 is 0 Å². The van der Waals surface area contributed by atoms with Crippen LogP contribution in [0.5, 0.6) is 0 Å². The molecule has 0 amide bonds. The van der Waals surface area contributed by atoms with Gasteiger partial charge in [-0.3, -0.25) is 0 Å². The Kier molecular flexibility index (Phi) is 4.65. The lowest BCUT2D eigenvalue weighted by atomic mass is 10.2. The number of benzene rings is 1. The van der Waals surface area contributed by atoms with Crippen LogP contribution in [-0.4, -0.2) is 21.2 Å². The van der Waals surface area contributed by atoms with E-state index in [-0.39, 0.29) is 5.56 Å². The molecule has 102 valence electrons. The summed E-state index contributed by atoms with van der Waals surface area (Å²) < 4.78 is 77.6. The van der Waals surface area contributed by atoms with E-state index in [1.807, 2.05) is 0 Å². The fourth-order valence-corrected chi connectivity index (χ4v) is 1.54. The summed E-state index contributed by atoms with van der Waals surface area (Å²) in [5, 5.41) is 0. The molecule has 0 unspecified atom stereocenters. The molecule has 0 aliphatic rings. The van der Waals surface area contributed by atoms with Crippen LogP contribution in [0.2, 0.25) is 0 Å². The predicted octanol–water partition coefficient (Wildman–Crippen LogP) is 2.17. The first-order valence-electron chi connectivity index (χ1n) is 4.53. The van der Waals surface area contributed by atoms with Gasteiger partial charge in [-0.1, -0.05) is 18.2 Å². The zero-order chi connectivity index (χ0) is 13.8. The van der Waals surface area contributed by atoms with E-state index in [1.165, 1.54) is 18.2 Å². The monoisotopic (exact) mass is 288 g/mol. The maximum Gasteiger partial charge on any atom is 0.413 e. The second-order valence-electron chi connectivity index (χ2n) is 3.14. The molecule has 0 aromatic heterocycles. The summed E-state index contributed by atoms with van der Waals surface area (Å²) >= 11 is 0. The lowest BCUT2D eigenvalue weighted by molar-refractivity contribution is -0.154. The minimum absolute atomic E-state index is 0.114. The average molecular weight is 288 g/mol. The quantitative estimate of drug-likeness (QED) is 0.779. The molecular formula is C9H8F4O4S. The number of halogens is 4. The van der Waals surface area contributed by atoms with Gasteiger partial charge in [0.25, 0.3) is 0 Å². The molecule has 0 saturated carbocycles. The smallest absolute Gasteiger partial charge is 0.243 e. The van der Waals surface area contributed by atoms with E-state index in [0.29, 0.717) is 0 Å². The molecule has 18 heavy (non-hydrogen) atoms. The van der Waals surface area contributed by atoms with Crippen LogP contribution in [-0.2, 0) is 25.4 Å². The van der Waals surface area contributed by atoms with Gasteiger partial charge in [0, 0.05) is 5.56 Å². The third kappa shape index (κ3) is 5.43. The second kappa shape index (κ2) is 5.63. The summed E-state index contributed by atoms with van der Waals surface area (Å²) in [6.07, 6.45) is -4.80. The normalized spacial score (nSPS) is 12.7. The van der Waals surface area contributed by atoms with Crippen molar-refractivity contribution in [1.82, 2.24) is 0 Å². The third-order valence-electron chi connectivity index (χ3n) is 1.68. The molecule has 1 rings (SSSR count). The van der Waals surface area contributed by atoms with Gasteiger partial charge in [-0.2, -0.15) is 21.6 Å². The van der Waals surface area contributed by atoms with Crippen LogP contribution in [0.15, 0.2) is 24.3 Å². The SMILES string of the molecule is O=S(=O)(OCc1ccccc1F)OCC(F)(F)F. The molecule has 1 aromatic rings. The van der Waals surface area contributed by atoms with Crippen LogP contribution >= 0.6 is 0 Å². The Bertz CT molecular complexity index is 498. The Balaban J connectivity index is 2.55. The Labute approximate surface area is 100 Å². The maximum absolute atomic E-state index is 13.0. The van der Waals surface area contributed by atoms with Crippen molar-refractivity contribution in [3.05, 3.63) is 35.6 Å². The Hall–Kier alpha value is -1.19. The highest BCUT2D eigenvalue weighted by molar-refractivity contribution is 7.81. The number of rotatable bonds is 5. The number of hydrogen-bond acceptors (Lipinski definition) is 4. The van der Waals surface area contributed by atoms with Gasteiger partial charge in [0.15, 0.2) is 6.61 Å². The fourth-order valence-electron chi connectivity index (χ4n) is 0.924. The first kappa shape index (κ1) is 14.9. The number of alkyl halides is 3. The molecule has 9 heteroatoms. The molecule has 0 aliphatic heterocycles. The van der Waals surface area contributed by atoms with E-state index in [2.05, 4.69) is 8.37 Å². The molecule has 0 atom stereocenters. The van der Waals surface area contributed by atoms with Crippen LogP contribution in [0, 0.1) is 5.82 Å². The van der Waals surface area contributed by atoms with E-state index in [1.54, 1.807) is 0 Å². The van der Waals surface area contributed by atoms with Gasteiger partial charge in [0.2, 0.25) is 0 Å². The van der Waals surface area contributed by atoms with Crippen molar-refractivity contribution in [3.8, 4) is 0 Å². The molecular weight excluding hydrogens is 280 g/mol. The summed E-state index contributed by atoms with van der Waals surface area (Å²) in [6.45, 7) is -2.74. The van der Waals surface area contributed by atoms with Crippen molar-refractivity contribution in [3.63, 3.8) is 0 Å². The minimum Gasteiger partial charge on any atom is -0.243 e. The summed E-state index contributed by atoms with van der Waals surface area (Å²) in [6, 6.07) is 5.08. The van der Waals surface area contributed by atoms with Crippen molar-refractivity contribution < 1.29 is 34.3 Å². The van der Waals surface area contributed by atoms with Crippen molar-refractivity contribution in [1.29, 1.82) is 0 Å². The van der Waals surface area contributed by atoms with Gasteiger partial charge in [-0.25, -0.2) is 12.8 Å². The van der Waals surface area contributed by atoms with Gasteiger partial charge in [-0.05, 0) is 6.07 Å². The van der Waals surface area contributed by atoms with Crippen LogP contribution in [0.1, 0.15) is 5.56 Å². The zero-order valence-electron chi connectivity index (χ0n) is 8.78. The van der Waals surface area contributed by atoms with Crippen LogP contribution in [0.3, 0.4) is 0 Å². The summed E-state index contributed by atoms with van der Waals surface area (Å²) in [5.41, 5.74) is -0.114. The molecule has 4 nitrogen and oxygen atoms in total. The van der Waals surface area contributed by atoms with E-state index in [9.17, 15) is 26.0 Å². The van der Waals surface area contributed by atoms with Crippen molar-refractivity contribution in [2.24, 2.45) is 0 Å². The summed E-state index contributed by atoms with van der Waals surface area (Å²) in [4.78, 5) is 0. The highest BCUT2D eigenvalue weighted by atomic mass is 32.3. The minimum atomic E-state index is -4.82. The van der Waals surface area contributed by atoms with Crippen LogP contribution in [0.25, 0.3) is 0 Å². The van der Waals surface area contributed by atoms with Crippen molar-refractivity contribution in [2.75, 3.05) is 6.61 Å². The lowest BCUT2D eigenvalue weighted by Crippen LogP contribution is -2.21. The van der Waals surface area contributed by atoms with Gasteiger partial charge in [0.1, 0.15) is 5.82 Å². The predicted molar refractivity (Wildman–Crippen MR) is 52.1 cm³/mol. The van der Waals surface area contributed by atoms with E-state index in [0.717, 1.165) is 6.07 Å². The fraction of sp³-hybridized carbons (Fsp3) is 0.333. The first-order chi connectivity index (χ1) is 8.20. The zero-order valence-corrected chi connectivity index (χ0v) is 9.59. The molecule has 0 heterocycles. The Morgan fingerprint density at radius 1 is 1.11 bits per heavy atom. The summed E-state index contributed by atoms with van der Waals surface area (Å²) in [7, 11) is -4.82. The van der Waals surface area contributed by atoms with E-state index < -0.39 is 35.6 Å².